The van der Waals surface area contributed by atoms with E-state index in [-0.39, 0.29) is 35.3 Å². The predicted octanol–water partition coefficient (Wildman–Crippen LogP) is 3.53. The highest BCUT2D eigenvalue weighted by molar-refractivity contribution is 5.94. The van der Waals surface area contributed by atoms with Gasteiger partial charge in [0.15, 0.2) is 0 Å². The number of nitrogens with zero attached hydrogens (tertiary/aromatic N) is 2. The summed E-state index contributed by atoms with van der Waals surface area (Å²) in [4.78, 5) is 30.4. The first-order valence-corrected chi connectivity index (χ1v) is 11.0. The molecule has 0 aliphatic rings. The Morgan fingerprint density at radius 1 is 1.12 bits per heavy atom. The highest BCUT2D eigenvalue weighted by Crippen LogP contribution is 2.37. The van der Waals surface area contributed by atoms with Crippen molar-refractivity contribution in [1.29, 1.82) is 0 Å². The van der Waals surface area contributed by atoms with Gasteiger partial charge in [-0.1, -0.05) is 26.8 Å². The van der Waals surface area contributed by atoms with Gasteiger partial charge in [0.05, 0.1) is 11.8 Å². The van der Waals surface area contributed by atoms with Crippen molar-refractivity contribution in [3.05, 3.63) is 65.0 Å². The zero-order valence-corrected chi connectivity index (χ0v) is 20.2. The van der Waals surface area contributed by atoms with Crippen LogP contribution in [0.25, 0.3) is 0 Å². The normalized spacial score (nSPS) is 13.5. The van der Waals surface area contributed by atoms with Crippen LogP contribution in [0.5, 0.6) is 0 Å². The molecule has 1 heterocycles. The number of hydrogen-bond acceptors (Lipinski definition) is 4. The summed E-state index contributed by atoms with van der Waals surface area (Å²) in [5.41, 5.74) is 1.15. The standard InChI is InChI=1S/C25H34F2N4O2/c1-25(2,3)21(17-11-18(26)14-29-13-17)12-23(32)30-15-19(31(5)6)9-16-7-8-20(22(27)10-16)24(33)28-4/h7-8,10-11,13-14,19,21H,9,12,15H2,1-6H3,(H,28,33)(H,30,32)/t19-,21+/m0/s1. The molecule has 0 unspecified atom stereocenters. The Bertz CT molecular complexity index is 973. The summed E-state index contributed by atoms with van der Waals surface area (Å²) < 4.78 is 28.0. The number of rotatable bonds is 9. The van der Waals surface area contributed by atoms with E-state index >= 15 is 0 Å². The van der Waals surface area contributed by atoms with E-state index < -0.39 is 17.5 Å². The Balaban J connectivity index is 2.06. The van der Waals surface area contributed by atoms with E-state index in [9.17, 15) is 18.4 Å². The number of carbonyl (C=O) groups excluding carboxylic acids is 2. The summed E-state index contributed by atoms with van der Waals surface area (Å²) in [7, 11) is 5.24. The van der Waals surface area contributed by atoms with Crippen molar-refractivity contribution in [1.82, 2.24) is 20.5 Å². The number of pyridine rings is 1. The fourth-order valence-electron chi connectivity index (χ4n) is 3.75. The molecule has 180 valence electrons. The third kappa shape index (κ3) is 7.60. The first-order valence-electron chi connectivity index (χ1n) is 11.0. The zero-order valence-electron chi connectivity index (χ0n) is 20.2. The van der Waals surface area contributed by atoms with Crippen molar-refractivity contribution in [2.24, 2.45) is 5.41 Å². The molecule has 1 aromatic carbocycles. The van der Waals surface area contributed by atoms with Gasteiger partial charge >= 0.3 is 0 Å². The second-order valence-electron chi connectivity index (χ2n) is 9.58. The van der Waals surface area contributed by atoms with Crippen LogP contribution in [-0.4, -0.2) is 55.4 Å². The lowest BCUT2D eigenvalue weighted by atomic mass is 9.75. The van der Waals surface area contributed by atoms with Crippen LogP contribution in [0.1, 0.15) is 54.6 Å². The van der Waals surface area contributed by atoms with Gasteiger partial charge in [0.2, 0.25) is 5.91 Å². The molecule has 2 N–H and O–H groups in total. The molecule has 0 saturated carbocycles. The number of aromatic nitrogens is 1. The summed E-state index contributed by atoms with van der Waals surface area (Å²) in [6.07, 6.45) is 3.44. The van der Waals surface area contributed by atoms with Crippen LogP contribution in [0.2, 0.25) is 0 Å². The molecule has 0 saturated heterocycles. The second-order valence-corrected chi connectivity index (χ2v) is 9.58. The van der Waals surface area contributed by atoms with Crippen LogP contribution in [0.15, 0.2) is 36.7 Å². The van der Waals surface area contributed by atoms with Crippen molar-refractivity contribution >= 4 is 11.8 Å². The SMILES string of the molecule is CNC(=O)c1ccc(C[C@@H](CNC(=O)C[C@H](c2cncc(F)c2)C(C)(C)C)N(C)C)cc1F. The van der Waals surface area contributed by atoms with Gasteiger partial charge in [-0.3, -0.25) is 14.6 Å². The van der Waals surface area contributed by atoms with E-state index in [1.165, 1.54) is 25.2 Å². The Morgan fingerprint density at radius 3 is 2.36 bits per heavy atom. The molecule has 33 heavy (non-hydrogen) atoms. The molecule has 0 bridgehead atoms. The predicted molar refractivity (Wildman–Crippen MR) is 125 cm³/mol. The first kappa shape index (κ1) is 26.4. The number of nitrogens with one attached hydrogen (secondary N) is 2. The molecule has 2 atom stereocenters. The third-order valence-electron chi connectivity index (χ3n) is 5.80. The van der Waals surface area contributed by atoms with E-state index in [4.69, 9.17) is 0 Å². The minimum atomic E-state index is -0.579. The van der Waals surface area contributed by atoms with Crippen molar-refractivity contribution in [3.8, 4) is 0 Å². The molecule has 2 amide bonds. The highest BCUT2D eigenvalue weighted by atomic mass is 19.1. The molecule has 2 aromatic rings. The first-order chi connectivity index (χ1) is 15.4. The molecule has 0 radical (unpaired) electrons. The Labute approximate surface area is 194 Å². The van der Waals surface area contributed by atoms with Crippen molar-refractivity contribution in [2.75, 3.05) is 27.7 Å². The van der Waals surface area contributed by atoms with E-state index in [1.54, 1.807) is 12.3 Å². The highest BCUT2D eigenvalue weighted by Gasteiger charge is 2.29. The Hall–Kier alpha value is -2.87. The van der Waals surface area contributed by atoms with Crippen molar-refractivity contribution in [2.45, 2.75) is 45.6 Å². The van der Waals surface area contributed by atoms with Gasteiger partial charge in [0, 0.05) is 32.3 Å². The van der Waals surface area contributed by atoms with E-state index in [2.05, 4.69) is 15.6 Å². The van der Waals surface area contributed by atoms with Gasteiger partial charge in [-0.05, 0) is 61.2 Å². The van der Waals surface area contributed by atoms with Crippen LogP contribution in [-0.2, 0) is 11.2 Å². The molecular formula is C25H34F2N4O2. The number of benzene rings is 1. The lowest BCUT2D eigenvalue weighted by Gasteiger charge is -2.31. The average Bonchev–Trinajstić information content (AvgIpc) is 2.73. The summed E-state index contributed by atoms with van der Waals surface area (Å²) in [5, 5.41) is 5.39. The molecule has 6 nitrogen and oxygen atoms in total. The summed E-state index contributed by atoms with van der Waals surface area (Å²) in [5.74, 6) is -1.83. The zero-order chi connectivity index (χ0) is 24.8. The number of amides is 2. The van der Waals surface area contributed by atoms with E-state index in [0.29, 0.717) is 18.5 Å². The third-order valence-corrected chi connectivity index (χ3v) is 5.80. The van der Waals surface area contributed by atoms with Crippen LogP contribution < -0.4 is 10.6 Å². The average molecular weight is 461 g/mol. The molecular weight excluding hydrogens is 426 g/mol. The van der Waals surface area contributed by atoms with Gasteiger partial charge in [-0.2, -0.15) is 0 Å². The summed E-state index contributed by atoms with van der Waals surface area (Å²) in [6.45, 7) is 6.39. The lowest BCUT2D eigenvalue weighted by molar-refractivity contribution is -0.122. The maximum Gasteiger partial charge on any atom is 0.253 e. The molecule has 0 spiro atoms. The fraction of sp³-hybridized carbons (Fsp3) is 0.480. The maximum atomic E-state index is 14.3. The Kier molecular flexibility index (Phi) is 9.05. The number of carbonyl (C=O) groups is 2. The fourth-order valence-corrected chi connectivity index (χ4v) is 3.75. The monoisotopic (exact) mass is 460 g/mol. The smallest absolute Gasteiger partial charge is 0.253 e. The molecule has 8 heteroatoms. The van der Waals surface area contributed by atoms with Gasteiger partial charge in [-0.25, -0.2) is 8.78 Å². The minimum absolute atomic E-state index is 0.00369. The molecule has 0 aliphatic carbocycles. The van der Waals surface area contributed by atoms with E-state index in [1.807, 2.05) is 39.8 Å². The van der Waals surface area contributed by atoms with Crippen molar-refractivity contribution in [3.63, 3.8) is 0 Å². The quantitative estimate of drug-likeness (QED) is 0.601. The summed E-state index contributed by atoms with van der Waals surface area (Å²) in [6, 6.07) is 5.89. The van der Waals surface area contributed by atoms with Crippen LogP contribution in [0.4, 0.5) is 8.78 Å². The largest absolute Gasteiger partial charge is 0.355 e. The van der Waals surface area contributed by atoms with Crippen LogP contribution >= 0.6 is 0 Å². The summed E-state index contributed by atoms with van der Waals surface area (Å²) >= 11 is 0. The number of halogens is 2. The topological polar surface area (TPSA) is 74.3 Å². The number of likely N-dealkylation sites (N-methyl/N-ethyl adjacent to an activating group) is 1. The van der Waals surface area contributed by atoms with Gasteiger partial charge in [-0.15, -0.1) is 0 Å². The van der Waals surface area contributed by atoms with Crippen LogP contribution in [0.3, 0.4) is 0 Å². The minimum Gasteiger partial charge on any atom is -0.355 e. The number of hydrogen-bond donors (Lipinski definition) is 2. The molecule has 1 aromatic heterocycles. The lowest BCUT2D eigenvalue weighted by Crippen LogP contribution is -2.42. The van der Waals surface area contributed by atoms with Crippen molar-refractivity contribution < 1.29 is 18.4 Å². The van der Waals surface area contributed by atoms with E-state index in [0.717, 1.165) is 11.8 Å². The van der Waals surface area contributed by atoms with Crippen LogP contribution in [0, 0.1) is 17.0 Å². The maximum absolute atomic E-state index is 14.3. The van der Waals surface area contributed by atoms with Gasteiger partial charge < -0.3 is 15.5 Å². The molecule has 0 aliphatic heterocycles. The van der Waals surface area contributed by atoms with Gasteiger partial charge in [0.1, 0.15) is 11.6 Å². The Morgan fingerprint density at radius 2 is 1.82 bits per heavy atom. The molecule has 0 fully saturated rings. The molecule has 2 rings (SSSR count). The second kappa shape index (κ2) is 11.3. The van der Waals surface area contributed by atoms with Gasteiger partial charge in [0.25, 0.3) is 5.91 Å².